The molecule has 3 heterocycles. The van der Waals surface area contributed by atoms with Crippen molar-refractivity contribution in [2.45, 2.75) is 44.8 Å². The number of hydrogen-bond acceptors (Lipinski definition) is 6. The molecule has 0 saturated carbocycles. The summed E-state index contributed by atoms with van der Waals surface area (Å²) >= 11 is 0. The second-order valence-electron chi connectivity index (χ2n) is 9.61. The van der Waals surface area contributed by atoms with Crippen molar-refractivity contribution < 1.29 is 14.6 Å². The first-order valence-electron chi connectivity index (χ1n) is 11.4. The third-order valence-electron chi connectivity index (χ3n) is 5.69. The molecule has 0 fully saturated rings. The molecule has 0 saturated heterocycles. The number of aromatic carboxylic acids is 1. The van der Waals surface area contributed by atoms with E-state index in [0.717, 1.165) is 22.7 Å². The highest BCUT2D eigenvalue weighted by Gasteiger charge is 2.19. The lowest BCUT2D eigenvalue weighted by Gasteiger charge is -2.15. The van der Waals surface area contributed by atoms with Crippen LogP contribution in [0.4, 0.5) is 0 Å². The standard InChI is InChI=1S/C25H28N6O3Si/c1-35(2,3)12-11-34-16-22-29-23(20-8-10-27-24(20)30-22)19-14-28-31(15-19)21(7-9-26)17-5-4-6-18(13-17)25(32)33/h4-6,8,10,13-15,21H,7,11-12,16H2,1-3H3,(H,32,33)(H,27,29,30). The van der Waals surface area contributed by atoms with Crippen LogP contribution in [0.15, 0.2) is 48.9 Å². The number of aromatic nitrogens is 5. The third kappa shape index (κ3) is 5.82. The molecular weight excluding hydrogens is 460 g/mol. The Balaban J connectivity index is 1.64. The zero-order chi connectivity index (χ0) is 25.0. The Hall–Kier alpha value is -3.81. The minimum Gasteiger partial charge on any atom is -0.478 e. The summed E-state index contributed by atoms with van der Waals surface area (Å²) in [5.41, 5.74) is 3.08. The molecule has 3 aromatic heterocycles. The number of rotatable bonds is 10. The molecule has 0 amide bonds. The van der Waals surface area contributed by atoms with Gasteiger partial charge in [0.1, 0.15) is 12.3 Å². The number of carboxylic acid groups (broad SMARTS) is 1. The van der Waals surface area contributed by atoms with Crippen LogP contribution in [0.3, 0.4) is 0 Å². The highest BCUT2D eigenvalue weighted by Crippen LogP contribution is 2.29. The van der Waals surface area contributed by atoms with Crippen molar-refractivity contribution in [1.82, 2.24) is 24.7 Å². The summed E-state index contributed by atoms with van der Waals surface area (Å²) in [7, 11) is -1.18. The van der Waals surface area contributed by atoms with Gasteiger partial charge in [0.25, 0.3) is 0 Å². The second-order valence-corrected chi connectivity index (χ2v) is 15.2. The molecular formula is C25H28N6O3Si. The average Bonchev–Trinajstić information content (AvgIpc) is 3.49. The van der Waals surface area contributed by atoms with Crippen LogP contribution in [0.25, 0.3) is 22.3 Å². The van der Waals surface area contributed by atoms with Gasteiger partial charge >= 0.3 is 5.97 Å². The number of hydrogen-bond donors (Lipinski definition) is 2. The lowest BCUT2D eigenvalue weighted by atomic mass is 10.0. The fraction of sp³-hybridized carbons (Fsp3) is 0.320. The average molecular weight is 489 g/mol. The molecule has 0 aliphatic carbocycles. The molecule has 1 unspecified atom stereocenters. The number of carboxylic acids is 1. The molecule has 4 aromatic rings. The van der Waals surface area contributed by atoms with E-state index in [9.17, 15) is 15.2 Å². The third-order valence-corrected chi connectivity index (χ3v) is 7.39. The number of H-pyrrole nitrogens is 1. The van der Waals surface area contributed by atoms with Gasteiger partial charge < -0.3 is 14.8 Å². The molecule has 2 N–H and O–H groups in total. The van der Waals surface area contributed by atoms with Crippen LogP contribution in [-0.4, -0.2) is 50.5 Å². The van der Waals surface area contributed by atoms with Crippen molar-refractivity contribution >= 4 is 25.1 Å². The van der Waals surface area contributed by atoms with E-state index in [0.29, 0.717) is 30.2 Å². The number of ether oxygens (including phenoxy) is 1. The van der Waals surface area contributed by atoms with E-state index >= 15 is 0 Å². The minimum atomic E-state index is -1.18. The van der Waals surface area contributed by atoms with E-state index in [1.54, 1.807) is 29.1 Å². The van der Waals surface area contributed by atoms with Crippen molar-refractivity contribution in [2.75, 3.05) is 6.61 Å². The summed E-state index contributed by atoms with van der Waals surface area (Å²) < 4.78 is 7.55. The van der Waals surface area contributed by atoms with Crippen LogP contribution >= 0.6 is 0 Å². The molecule has 4 rings (SSSR count). The number of carbonyl (C=O) groups is 1. The van der Waals surface area contributed by atoms with E-state index in [4.69, 9.17) is 9.72 Å². The molecule has 0 bridgehead atoms. The zero-order valence-corrected chi connectivity index (χ0v) is 21.0. The predicted octanol–water partition coefficient (Wildman–Crippen LogP) is 4.88. The SMILES string of the molecule is C[Si](C)(C)CCOCc1nc(-c2cnn(C(CC#N)c3cccc(C(=O)O)c3)c2)c2cc[nH]c2n1. The smallest absolute Gasteiger partial charge is 0.335 e. The minimum absolute atomic E-state index is 0.143. The van der Waals surface area contributed by atoms with Crippen LogP contribution in [0, 0.1) is 11.3 Å². The molecule has 0 aliphatic heterocycles. The van der Waals surface area contributed by atoms with Gasteiger partial charge in [0.2, 0.25) is 0 Å². The lowest BCUT2D eigenvalue weighted by molar-refractivity contribution is 0.0696. The predicted molar refractivity (Wildman–Crippen MR) is 135 cm³/mol. The summed E-state index contributed by atoms with van der Waals surface area (Å²) in [6, 6.07) is 11.3. The molecule has 0 spiro atoms. The van der Waals surface area contributed by atoms with Gasteiger partial charge in [0.05, 0.1) is 36.0 Å². The molecule has 0 radical (unpaired) electrons. The van der Waals surface area contributed by atoms with Gasteiger partial charge in [0.15, 0.2) is 5.82 Å². The first-order chi connectivity index (χ1) is 16.7. The molecule has 0 aliphatic rings. The van der Waals surface area contributed by atoms with Crippen LogP contribution < -0.4 is 0 Å². The van der Waals surface area contributed by atoms with E-state index < -0.39 is 20.1 Å². The van der Waals surface area contributed by atoms with Crippen LogP contribution in [-0.2, 0) is 11.3 Å². The molecule has 9 nitrogen and oxygen atoms in total. The molecule has 35 heavy (non-hydrogen) atoms. The Morgan fingerprint density at radius 3 is 2.86 bits per heavy atom. The van der Waals surface area contributed by atoms with Crippen molar-refractivity contribution in [1.29, 1.82) is 5.26 Å². The maximum Gasteiger partial charge on any atom is 0.335 e. The highest BCUT2D eigenvalue weighted by molar-refractivity contribution is 6.76. The summed E-state index contributed by atoms with van der Waals surface area (Å²) in [5.74, 6) is -0.430. The topological polar surface area (TPSA) is 130 Å². The van der Waals surface area contributed by atoms with E-state index in [1.165, 1.54) is 6.07 Å². The number of nitrogens with one attached hydrogen (secondary N) is 1. The van der Waals surface area contributed by atoms with Gasteiger partial charge in [0, 0.05) is 38.0 Å². The van der Waals surface area contributed by atoms with Gasteiger partial charge in [-0.2, -0.15) is 10.4 Å². The normalized spacial score (nSPS) is 12.5. The van der Waals surface area contributed by atoms with Gasteiger partial charge in [-0.15, -0.1) is 0 Å². The monoisotopic (exact) mass is 488 g/mol. The van der Waals surface area contributed by atoms with E-state index in [-0.39, 0.29) is 12.0 Å². The molecule has 1 aromatic carbocycles. The maximum absolute atomic E-state index is 11.4. The number of nitrogens with zero attached hydrogens (tertiary/aromatic N) is 5. The fourth-order valence-corrected chi connectivity index (χ4v) is 4.53. The van der Waals surface area contributed by atoms with Crippen molar-refractivity contribution in [3.8, 4) is 17.3 Å². The van der Waals surface area contributed by atoms with E-state index in [2.05, 4.69) is 40.8 Å². The quantitative estimate of drug-likeness (QED) is 0.240. The largest absolute Gasteiger partial charge is 0.478 e. The van der Waals surface area contributed by atoms with Gasteiger partial charge in [-0.25, -0.2) is 14.8 Å². The highest BCUT2D eigenvalue weighted by atomic mass is 28.3. The van der Waals surface area contributed by atoms with Gasteiger partial charge in [-0.05, 0) is 29.8 Å². The fourth-order valence-electron chi connectivity index (χ4n) is 3.77. The summed E-state index contributed by atoms with van der Waals surface area (Å²) in [4.78, 5) is 23.9. The summed E-state index contributed by atoms with van der Waals surface area (Å²) in [6.45, 7) is 7.93. The maximum atomic E-state index is 11.4. The number of fused-ring (bicyclic) bond motifs is 1. The zero-order valence-electron chi connectivity index (χ0n) is 20.0. The number of nitriles is 1. The Morgan fingerprint density at radius 2 is 2.11 bits per heavy atom. The van der Waals surface area contributed by atoms with E-state index in [1.807, 2.05) is 18.5 Å². The Bertz CT molecular complexity index is 1380. The van der Waals surface area contributed by atoms with Gasteiger partial charge in [-0.3, -0.25) is 4.68 Å². The second kappa shape index (κ2) is 10.2. The number of benzene rings is 1. The Morgan fingerprint density at radius 1 is 1.29 bits per heavy atom. The first kappa shape index (κ1) is 24.3. The first-order valence-corrected chi connectivity index (χ1v) is 15.1. The Labute approximate surface area is 204 Å². The molecule has 180 valence electrons. The van der Waals surface area contributed by atoms with Crippen LogP contribution in [0.2, 0.25) is 25.7 Å². The van der Waals surface area contributed by atoms with Crippen molar-refractivity contribution in [2.24, 2.45) is 0 Å². The number of aromatic amines is 1. The molecule has 10 heteroatoms. The molecule has 1 atom stereocenters. The van der Waals surface area contributed by atoms with Crippen LogP contribution in [0.1, 0.15) is 34.2 Å². The Kier molecular flexibility index (Phi) is 7.09. The van der Waals surface area contributed by atoms with Crippen molar-refractivity contribution in [3.63, 3.8) is 0 Å². The van der Waals surface area contributed by atoms with Crippen molar-refractivity contribution in [3.05, 3.63) is 65.9 Å². The summed E-state index contributed by atoms with van der Waals surface area (Å²) in [5, 5.41) is 24.1. The van der Waals surface area contributed by atoms with Gasteiger partial charge in [-0.1, -0.05) is 31.8 Å². The summed E-state index contributed by atoms with van der Waals surface area (Å²) in [6.07, 6.45) is 5.50. The van der Waals surface area contributed by atoms with Crippen LogP contribution in [0.5, 0.6) is 0 Å². The lowest BCUT2D eigenvalue weighted by Crippen LogP contribution is -2.21.